The second-order valence-corrected chi connectivity index (χ2v) is 11.3. The van der Waals surface area contributed by atoms with Crippen LogP contribution in [0, 0.1) is 12.8 Å². The van der Waals surface area contributed by atoms with E-state index in [1.807, 2.05) is 49.2 Å². The maximum atomic E-state index is 13.9. The molecule has 10 heteroatoms. The highest BCUT2D eigenvalue weighted by molar-refractivity contribution is 6.31. The molecule has 1 saturated carbocycles. The first-order chi connectivity index (χ1) is 18.9. The van der Waals surface area contributed by atoms with E-state index in [9.17, 15) is 9.59 Å². The zero-order chi connectivity index (χ0) is 27.1. The number of halogens is 1. The van der Waals surface area contributed by atoms with Crippen LogP contribution < -0.4 is 15.5 Å². The quantitative estimate of drug-likeness (QED) is 0.490. The Bertz CT molecular complexity index is 1410. The summed E-state index contributed by atoms with van der Waals surface area (Å²) in [5.41, 5.74) is 4.87. The molecule has 0 unspecified atom stereocenters. The number of hydrogen-bond acceptors (Lipinski definition) is 5. The van der Waals surface area contributed by atoms with Gasteiger partial charge in [0.05, 0.1) is 24.1 Å². The Morgan fingerprint density at radius 2 is 1.90 bits per heavy atom. The third-order valence-electron chi connectivity index (χ3n) is 7.93. The first-order valence-corrected chi connectivity index (χ1v) is 14.0. The molecule has 0 spiro atoms. The average Bonchev–Trinajstić information content (AvgIpc) is 3.71. The van der Waals surface area contributed by atoms with E-state index in [2.05, 4.69) is 20.6 Å². The number of nitrogens with zero attached hydrogens (tertiary/aromatic N) is 5. The maximum Gasteiger partial charge on any atom is 0.317 e. The van der Waals surface area contributed by atoms with Gasteiger partial charge in [-0.2, -0.15) is 5.10 Å². The first kappa shape index (κ1) is 25.7. The number of aryl methyl sites for hydroxylation is 2. The number of anilines is 3. The summed E-state index contributed by atoms with van der Waals surface area (Å²) < 4.78 is 1.76. The van der Waals surface area contributed by atoms with Crippen molar-refractivity contribution in [2.45, 2.75) is 32.9 Å². The van der Waals surface area contributed by atoms with Gasteiger partial charge in [-0.3, -0.25) is 14.4 Å². The van der Waals surface area contributed by atoms with Gasteiger partial charge in [-0.05, 0) is 61.1 Å². The van der Waals surface area contributed by atoms with Crippen molar-refractivity contribution in [3.63, 3.8) is 0 Å². The number of hydrogen-bond donors (Lipinski definition) is 2. The van der Waals surface area contributed by atoms with Crippen LogP contribution in [0.4, 0.5) is 22.0 Å². The topological polar surface area (TPSA) is 85.7 Å². The molecule has 2 aromatic carbocycles. The molecule has 2 N–H and O–H groups in total. The van der Waals surface area contributed by atoms with Crippen molar-refractivity contribution in [2.75, 3.05) is 42.9 Å². The van der Waals surface area contributed by atoms with Crippen LogP contribution >= 0.6 is 11.6 Å². The van der Waals surface area contributed by atoms with E-state index < -0.39 is 0 Å². The van der Waals surface area contributed by atoms with E-state index in [0.29, 0.717) is 23.7 Å². The summed E-state index contributed by atoms with van der Waals surface area (Å²) in [5, 5.41) is 11.4. The minimum absolute atomic E-state index is 0.0292. The van der Waals surface area contributed by atoms with Crippen molar-refractivity contribution in [3.05, 3.63) is 69.9 Å². The highest BCUT2D eigenvalue weighted by Crippen LogP contribution is 2.38. The van der Waals surface area contributed by atoms with Gasteiger partial charge in [0.1, 0.15) is 5.82 Å². The molecule has 0 atom stereocenters. The number of carbonyl (C=O) groups is 2. The van der Waals surface area contributed by atoms with Crippen molar-refractivity contribution in [1.29, 1.82) is 0 Å². The molecule has 1 aliphatic carbocycles. The van der Waals surface area contributed by atoms with E-state index in [0.717, 1.165) is 66.0 Å². The van der Waals surface area contributed by atoms with E-state index in [-0.39, 0.29) is 11.9 Å². The van der Waals surface area contributed by atoms with Crippen molar-refractivity contribution in [1.82, 2.24) is 24.9 Å². The Morgan fingerprint density at radius 3 is 2.64 bits per heavy atom. The number of nitrogens with one attached hydrogen (secondary N) is 2. The fourth-order valence-corrected chi connectivity index (χ4v) is 5.65. The molecule has 204 valence electrons. The predicted octanol–water partition coefficient (Wildman–Crippen LogP) is 4.52. The number of amides is 3. The zero-order valence-electron chi connectivity index (χ0n) is 22.4. The highest BCUT2D eigenvalue weighted by atomic mass is 35.5. The molecule has 3 aliphatic rings. The smallest absolute Gasteiger partial charge is 0.317 e. The van der Waals surface area contributed by atoms with Gasteiger partial charge in [-0.25, -0.2) is 4.79 Å². The fourth-order valence-electron chi connectivity index (χ4n) is 5.48. The Labute approximate surface area is 233 Å². The van der Waals surface area contributed by atoms with Crippen molar-refractivity contribution < 1.29 is 9.59 Å². The lowest BCUT2D eigenvalue weighted by molar-refractivity contribution is 0.0984. The summed E-state index contributed by atoms with van der Waals surface area (Å²) in [6.45, 7) is 7.34. The number of rotatable bonds is 5. The third kappa shape index (κ3) is 5.46. The molecule has 2 aliphatic heterocycles. The van der Waals surface area contributed by atoms with Crippen LogP contribution in [-0.2, 0) is 20.1 Å². The minimum atomic E-state index is -0.103. The summed E-state index contributed by atoms with van der Waals surface area (Å²) >= 11 is 6.28. The van der Waals surface area contributed by atoms with Gasteiger partial charge in [0.15, 0.2) is 0 Å². The molecular formula is C29H34ClN7O2. The molecule has 3 heterocycles. The summed E-state index contributed by atoms with van der Waals surface area (Å²) in [6, 6.07) is 11.2. The molecule has 3 amide bonds. The van der Waals surface area contributed by atoms with Gasteiger partial charge in [0, 0.05) is 62.5 Å². The molecule has 2 fully saturated rings. The number of piperazine rings is 1. The lowest BCUT2D eigenvalue weighted by Gasteiger charge is -2.34. The number of urea groups is 1. The van der Waals surface area contributed by atoms with E-state index >= 15 is 0 Å². The molecule has 9 nitrogen and oxygen atoms in total. The van der Waals surface area contributed by atoms with Crippen LogP contribution in [-0.4, -0.2) is 64.2 Å². The Kier molecular flexibility index (Phi) is 6.95. The molecule has 0 bridgehead atoms. The zero-order valence-corrected chi connectivity index (χ0v) is 23.2. The molecule has 0 radical (unpaired) electrons. The number of carbonyl (C=O) groups excluding carboxylic acids is 2. The van der Waals surface area contributed by atoms with Crippen molar-refractivity contribution in [3.8, 4) is 0 Å². The Balaban J connectivity index is 1.13. The summed E-state index contributed by atoms with van der Waals surface area (Å²) in [7, 11) is 1.87. The normalized spacial score (nSPS) is 17.2. The molecule has 1 saturated heterocycles. The van der Waals surface area contributed by atoms with Gasteiger partial charge >= 0.3 is 6.03 Å². The lowest BCUT2D eigenvalue weighted by atomic mass is 10.0. The van der Waals surface area contributed by atoms with E-state index in [1.54, 1.807) is 21.8 Å². The van der Waals surface area contributed by atoms with Crippen LogP contribution in [0.25, 0.3) is 0 Å². The number of benzene rings is 2. The molecule has 6 rings (SSSR count). The predicted molar refractivity (Wildman–Crippen MR) is 153 cm³/mol. The molecule has 1 aromatic heterocycles. The average molecular weight is 548 g/mol. The van der Waals surface area contributed by atoms with E-state index in [4.69, 9.17) is 11.6 Å². The standard InChI is InChI=1S/C29H34ClN7O2/c1-19-13-21(15-31-29(39)36-11-9-35(10-12-36)17-20-3-4-20)5-7-24(19)28(38)37-18-22-16-32-34(2)27(22)33-25-14-23(30)6-8-26(25)37/h5-8,13-14,16,20,33H,3-4,9-12,15,17-18H2,1-2H3,(H,31,39). The first-order valence-electron chi connectivity index (χ1n) is 13.6. The second-order valence-electron chi connectivity index (χ2n) is 10.9. The number of aromatic nitrogens is 2. The molecule has 39 heavy (non-hydrogen) atoms. The van der Waals surface area contributed by atoms with Crippen molar-refractivity contribution in [2.24, 2.45) is 13.0 Å². The molecule has 3 aromatic rings. The van der Waals surface area contributed by atoms with Crippen molar-refractivity contribution >= 4 is 40.7 Å². The third-order valence-corrected chi connectivity index (χ3v) is 8.16. The Hall–Kier alpha value is -3.56. The Morgan fingerprint density at radius 1 is 1.10 bits per heavy atom. The van der Waals surface area contributed by atoms with Crippen LogP contribution in [0.2, 0.25) is 5.02 Å². The maximum absolute atomic E-state index is 13.9. The summed E-state index contributed by atoms with van der Waals surface area (Å²) in [4.78, 5) is 32.8. The van der Waals surface area contributed by atoms with Gasteiger partial charge in [-0.1, -0.05) is 23.7 Å². The SMILES string of the molecule is Cc1cc(CNC(=O)N2CCN(CC3CC3)CC2)ccc1C(=O)N1Cc2cnn(C)c2Nc2cc(Cl)ccc21. The minimum Gasteiger partial charge on any atom is -0.338 e. The largest absolute Gasteiger partial charge is 0.338 e. The fraction of sp³-hybridized carbons (Fsp3) is 0.414. The highest BCUT2D eigenvalue weighted by Gasteiger charge is 2.29. The van der Waals surface area contributed by atoms with Crippen LogP contribution in [0.1, 0.15) is 39.9 Å². The lowest BCUT2D eigenvalue weighted by Crippen LogP contribution is -2.51. The van der Waals surface area contributed by atoms with E-state index in [1.165, 1.54) is 19.4 Å². The summed E-state index contributed by atoms with van der Waals surface area (Å²) in [6.07, 6.45) is 4.49. The van der Waals surface area contributed by atoms with Crippen LogP contribution in [0.15, 0.2) is 42.6 Å². The monoisotopic (exact) mass is 547 g/mol. The van der Waals surface area contributed by atoms with Gasteiger partial charge in [0.25, 0.3) is 5.91 Å². The van der Waals surface area contributed by atoms with Crippen LogP contribution in [0.5, 0.6) is 0 Å². The molecular weight excluding hydrogens is 514 g/mol. The second kappa shape index (κ2) is 10.5. The van der Waals surface area contributed by atoms with Gasteiger partial charge in [-0.15, -0.1) is 0 Å². The van der Waals surface area contributed by atoms with Gasteiger partial charge < -0.3 is 20.4 Å². The number of fused-ring (bicyclic) bond motifs is 2. The van der Waals surface area contributed by atoms with Crippen LogP contribution in [0.3, 0.4) is 0 Å². The van der Waals surface area contributed by atoms with Gasteiger partial charge in [0.2, 0.25) is 0 Å². The summed E-state index contributed by atoms with van der Waals surface area (Å²) in [5.74, 6) is 1.61.